The molecule has 0 aliphatic carbocycles. The van der Waals surface area contributed by atoms with Gasteiger partial charge in [0.25, 0.3) is 5.91 Å². The van der Waals surface area contributed by atoms with Crippen LogP contribution < -0.4 is 0 Å². The first-order chi connectivity index (χ1) is 13.0. The highest BCUT2D eigenvalue weighted by Gasteiger charge is 2.16. The molecule has 2 aromatic heterocycles. The molecular weight excluding hydrogens is 346 g/mol. The second kappa shape index (κ2) is 7.88. The van der Waals surface area contributed by atoms with E-state index in [2.05, 4.69) is 0 Å². The summed E-state index contributed by atoms with van der Waals surface area (Å²) < 4.78 is 10.5. The minimum atomic E-state index is -0.220. The molecule has 27 heavy (non-hydrogen) atoms. The van der Waals surface area contributed by atoms with Crippen LogP contribution in [0.1, 0.15) is 27.6 Å². The van der Waals surface area contributed by atoms with E-state index in [1.165, 1.54) is 26.6 Å². The molecule has 0 saturated heterocycles. The van der Waals surface area contributed by atoms with Gasteiger partial charge >= 0.3 is 0 Å². The number of Topliss-reactive ketones (excluding diaryl/α,β-unsaturated/α-hetero) is 1. The molecule has 138 valence electrons. The first-order valence-electron chi connectivity index (χ1n) is 8.28. The smallest absolute Gasteiger partial charge is 0.281 e. The Morgan fingerprint density at radius 2 is 1.33 bits per heavy atom. The van der Waals surface area contributed by atoms with E-state index >= 15 is 0 Å². The van der Waals surface area contributed by atoms with E-state index in [9.17, 15) is 9.59 Å². The molecule has 0 unspecified atom stereocenters. The summed E-state index contributed by atoms with van der Waals surface area (Å²) in [5.41, 5.74) is 2.63. The number of furan rings is 2. The Balaban J connectivity index is 0.000000159. The van der Waals surface area contributed by atoms with E-state index in [1.807, 2.05) is 48.5 Å². The van der Waals surface area contributed by atoms with Crippen LogP contribution in [0, 0.1) is 0 Å². The lowest BCUT2D eigenvalue weighted by Crippen LogP contribution is -2.25. The fraction of sp³-hybridized carbons (Fsp3) is 0.143. The molecule has 0 atom stereocenters. The Morgan fingerprint density at radius 3 is 1.85 bits per heavy atom. The molecule has 0 aliphatic heterocycles. The summed E-state index contributed by atoms with van der Waals surface area (Å²) in [5.74, 6) is -0.178. The van der Waals surface area contributed by atoms with Crippen molar-refractivity contribution in [2.24, 2.45) is 0 Å². The molecule has 0 N–H and O–H groups in total. The highest BCUT2D eigenvalue weighted by Crippen LogP contribution is 2.22. The Labute approximate surface area is 155 Å². The fourth-order valence-corrected chi connectivity index (χ4v) is 2.65. The van der Waals surface area contributed by atoms with Crippen molar-refractivity contribution < 1.29 is 23.3 Å². The number of carbonyl (C=O) groups excluding carboxylic acids is 2. The van der Waals surface area contributed by atoms with Gasteiger partial charge in [0.15, 0.2) is 5.78 Å². The minimum Gasteiger partial charge on any atom is -0.464 e. The van der Waals surface area contributed by atoms with Gasteiger partial charge < -0.3 is 8.83 Å². The molecule has 0 bridgehead atoms. The van der Waals surface area contributed by atoms with Crippen molar-refractivity contribution >= 4 is 33.6 Å². The Kier molecular flexibility index (Phi) is 5.38. The number of hydrogen-bond acceptors (Lipinski definition) is 5. The molecule has 2 aromatic carbocycles. The van der Waals surface area contributed by atoms with Crippen LogP contribution in [0.5, 0.6) is 0 Å². The van der Waals surface area contributed by atoms with Crippen LogP contribution in [-0.2, 0) is 4.84 Å². The van der Waals surface area contributed by atoms with E-state index in [1.54, 1.807) is 7.05 Å². The predicted molar refractivity (Wildman–Crippen MR) is 102 cm³/mol. The van der Waals surface area contributed by atoms with Crippen LogP contribution in [0.25, 0.3) is 21.9 Å². The zero-order chi connectivity index (χ0) is 19.4. The van der Waals surface area contributed by atoms with Gasteiger partial charge in [-0.2, -0.15) is 0 Å². The highest BCUT2D eigenvalue weighted by molar-refractivity contribution is 6.06. The number of carbonyl (C=O) groups is 2. The maximum absolute atomic E-state index is 11.8. The topological polar surface area (TPSA) is 72.9 Å². The summed E-state index contributed by atoms with van der Waals surface area (Å²) >= 11 is 0. The van der Waals surface area contributed by atoms with Crippen molar-refractivity contribution in [3.63, 3.8) is 0 Å². The number of rotatable bonds is 3. The van der Waals surface area contributed by atoms with Gasteiger partial charge in [0.05, 0.1) is 18.2 Å². The molecule has 0 fully saturated rings. The van der Waals surface area contributed by atoms with Crippen molar-refractivity contribution in [2.45, 2.75) is 6.92 Å². The number of benzene rings is 2. The molecule has 1 amide bonds. The number of para-hydroxylation sites is 2. The first kappa shape index (κ1) is 18.4. The number of amides is 1. The quantitative estimate of drug-likeness (QED) is 0.389. The number of fused-ring (bicyclic) bond motifs is 2. The Bertz CT molecular complexity index is 1090. The number of hydrogen-bond donors (Lipinski definition) is 0. The van der Waals surface area contributed by atoms with Gasteiger partial charge in [-0.15, -0.1) is 0 Å². The molecule has 6 heteroatoms. The molecular formula is C21H19NO5. The lowest BCUT2D eigenvalue weighted by Gasteiger charge is -2.11. The second-order valence-electron chi connectivity index (χ2n) is 5.83. The van der Waals surface area contributed by atoms with Crippen molar-refractivity contribution in [3.05, 3.63) is 72.2 Å². The minimum absolute atomic E-state index is 0.0416. The van der Waals surface area contributed by atoms with Crippen LogP contribution in [0.15, 0.2) is 69.9 Å². The summed E-state index contributed by atoms with van der Waals surface area (Å²) in [4.78, 5) is 27.7. The molecule has 0 spiro atoms. The normalized spacial score (nSPS) is 10.5. The summed E-state index contributed by atoms with van der Waals surface area (Å²) in [7, 11) is 3.00. The molecule has 0 aliphatic rings. The lowest BCUT2D eigenvalue weighted by atomic mass is 10.1. The lowest BCUT2D eigenvalue weighted by molar-refractivity contribution is -0.0756. The van der Waals surface area contributed by atoms with E-state index in [0.29, 0.717) is 16.7 Å². The average molecular weight is 365 g/mol. The molecule has 4 aromatic rings. The second-order valence-corrected chi connectivity index (χ2v) is 5.83. The van der Waals surface area contributed by atoms with Gasteiger partial charge in [-0.25, -0.2) is 5.06 Å². The third kappa shape index (κ3) is 3.75. The van der Waals surface area contributed by atoms with E-state index in [0.717, 1.165) is 21.4 Å². The zero-order valence-electron chi connectivity index (χ0n) is 15.3. The zero-order valence-corrected chi connectivity index (χ0v) is 15.3. The van der Waals surface area contributed by atoms with E-state index in [4.69, 9.17) is 13.7 Å². The third-order valence-electron chi connectivity index (χ3n) is 4.13. The van der Waals surface area contributed by atoms with Crippen LogP contribution >= 0.6 is 0 Å². The van der Waals surface area contributed by atoms with Crippen LogP contribution in [0.4, 0.5) is 0 Å². The molecule has 6 nitrogen and oxygen atoms in total. The highest BCUT2D eigenvalue weighted by atomic mass is 16.7. The number of hydroxylamine groups is 2. The molecule has 0 saturated carbocycles. The van der Waals surface area contributed by atoms with Crippen LogP contribution in [-0.4, -0.2) is 30.9 Å². The van der Waals surface area contributed by atoms with Gasteiger partial charge in [0.2, 0.25) is 0 Å². The number of ketones is 1. The van der Waals surface area contributed by atoms with Gasteiger partial charge in [0, 0.05) is 17.8 Å². The molecule has 0 radical (unpaired) electrons. The SMILES string of the molecule is CC(=O)c1coc2ccccc12.CON(C)C(=O)c1coc2ccccc12. The van der Waals surface area contributed by atoms with E-state index < -0.39 is 0 Å². The first-order valence-corrected chi connectivity index (χ1v) is 8.28. The molecule has 2 heterocycles. The predicted octanol–water partition coefficient (Wildman–Crippen LogP) is 4.70. The van der Waals surface area contributed by atoms with Gasteiger partial charge in [-0.05, 0) is 19.1 Å². The van der Waals surface area contributed by atoms with Crippen molar-refractivity contribution in [3.8, 4) is 0 Å². The molecule has 4 rings (SSSR count). The van der Waals surface area contributed by atoms with Gasteiger partial charge in [-0.1, -0.05) is 36.4 Å². The Morgan fingerprint density at radius 1 is 0.852 bits per heavy atom. The summed E-state index contributed by atoms with van der Waals surface area (Å²) in [5, 5.41) is 2.86. The van der Waals surface area contributed by atoms with Gasteiger partial charge in [-0.3, -0.25) is 14.4 Å². The van der Waals surface area contributed by atoms with E-state index in [-0.39, 0.29) is 11.7 Å². The number of nitrogens with zero attached hydrogens (tertiary/aromatic N) is 1. The average Bonchev–Trinajstić information content (AvgIpc) is 3.31. The maximum atomic E-state index is 11.8. The van der Waals surface area contributed by atoms with Crippen LogP contribution in [0.2, 0.25) is 0 Å². The van der Waals surface area contributed by atoms with Crippen molar-refractivity contribution in [1.82, 2.24) is 5.06 Å². The standard InChI is InChI=1S/C11H11NO3.C10H8O2/c1-12(14-2)11(13)9-7-15-10-6-4-3-5-8(9)10;1-7(11)9-6-12-10-5-3-2-4-8(9)10/h3-7H,1-2H3;2-6H,1H3. The third-order valence-corrected chi connectivity index (χ3v) is 4.13. The largest absolute Gasteiger partial charge is 0.464 e. The van der Waals surface area contributed by atoms with Gasteiger partial charge in [0.1, 0.15) is 23.7 Å². The summed E-state index contributed by atoms with van der Waals surface area (Å²) in [6.45, 7) is 1.54. The van der Waals surface area contributed by atoms with Crippen molar-refractivity contribution in [1.29, 1.82) is 0 Å². The summed E-state index contributed by atoms with van der Waals surface area (Å²) in [6.07, 6.45) is 2.95. The summed E-state index contributed by atoms with van der Waals surface area (Å²) in [6, 6.07) is 14.9. The Hall–Kier alpha value is -3.38. The maximum Gasteiger partial charge on any atom is 0.281 e. The fourth-order valence-electron chi connectivity index (χ4n) is 2.65. The monoisotopic (exact) mass is 365 g/mol. The van der Waals surface area contributed by atoms with Crippen LogP contribution in [0.3, 0.4) is 0 Å². The van der Waals surface area contributed by atoms with Crippen molar-refractivity contribution in [2.75, 3.05) is 14.2 Å².